The molecular weight excluding hydrogens is 262 g/mol. The van der Waals surface area contributed by atoms with E-state index in [1.807, 2.05) is 0 Å². The normalized spacial score (nSPS) is 11.5. The summed E-state index contributed by atoms with van der Waals surface area (Å²) in [6.07, 6.45) is 0. The predicted octanol–water partition coefficient (Wildman–Crippen LogP) is 0.276. The van der Waals surface area contributed by atoms with E-state index < -0.39 is 38.3 Å². The molecule has 2 N–H and O–H groups in total. The number of hydrogen-bond donors (Lipinski definition) is 2. The Morgan fingerprint density at radius 2 is 2.00 bits per heavy atom. The monoisotopic (exact) mass is 275 g/mol. The fourth-order valence-corrected chi connectivity index (χ4v) is 2.27. The highest BCUT2D eigenvalue weighted by Crippen LogP contribution is 2.15. The molecule has 0 saturated heterocycles. The van der Waals surface area contributed by atoms with Crippen molar-refractivity contribution >= 4 is 21.7 Å². The average molecular weight is 275 g/mol. The molecule has 0 fully saturated rings. The first-order valence-electron chi connectivity index (χ1n) is 5.07. The molecule has 0 aliphatic rings. The van der Waals surface area contributed by atoms with E-state index in [1.54, 1.807) is 13.8 Å². The van der Waals surface area contributed by atoms with E-state index in [0.29, 0.717) is 0 Å². The number of furan rings is 1. The number of hydrogen-bond acceptors (Lipinski definition) is 5. The third-order valence-corrected chi connectivity index (χ3v) is 3.34. The molecule has 0 bridgehead atoms. The summed E-state index contributed by atoms with van der Waals surface area (Å²) >= 11 is 0. The van der Waals surface area contributed by atoms with E-state index in [-0.39, 0.29) is 6.04 Å². The highest BCUT2D eigenvalue weighted by atomic mass is 32.2. The minimum Gasteiger partial charge on any atom is -0.475 e. The standard InChI is InChI=1S/C10H13NO6S/c1-6(2)11-8(12)5-18(15,16)9-4-3-7(17-9)10(13)14/h3-4,6H,5H2,1-2H3,(H,11,12)(H,13,14). The van der Waals surface area contributed by atoms with Gasteiger partial charge in [0.2, 0.25) is 26.6 Å². The quantitative estimate of drug-likeness (QED) is 0.797. The second kappa shape index (κ2) is 5.21. The minimum absolute atomic E-state index is 0.182. The first-order chi connectivity index (χ1) is 8.22. The van der Waals surface area contributed by atoms with Gasteiger partial charge < -0.3 is 14.8 Å². The fraction of sp³-hybridized carbons (Fsp3) is 0.400. The molecular formula is C10H13NO6S. The van der Waals surface area contributed by atoms with Gasteiger partial charge in [-0.2, -0.15) is 0 Å². The number of sulfone groups is 1. The van der Waals surface area contributed by atoms with Crippen molar-refractivity contribution in [3.05, 3.63) is 17.9 Å². The van der Waals surface area contributed by atoms with Crippen LogP contribution in [0, 0.1) is 0 Å². The number of amides is 1. The Labute approximate surface area is 104 Å². The SMILES string of the molecule is CC(C)NC(=O)CS(=O)(=O)c1ccc(C(=O)O)o1. The van der Waals surface area contributed by atoms with Crippen LogP contribution >= 0.6 is 0 Å². The summed E-state index contributed by atoms with van der Waals surface area (Å²) in [4.78, 5) is 21.9. The van der Waals surface area contributed by atoms with Crippen LogP contribution in [0.3, 0.4) is 0 Å². The number of carboxylic acid groups (broad SMARTS) is 1. The number of carboxylic acids is 1. The van der Waals surface area contributed by atoms with Gasteiger partial charge >= 0.3 is 5.97 Å². The lowest BCUT2D eigenvalue weighted by Crippen LogP contribution is -2.35. The summed E-state index contributed by atoms with van der Waals surface area (Å²) in [6.45, 7) is 3.39. The van der Waals surface area contributed by atoms with E-state index in [1.165, 1.54) is 0 Å². The van der Waals surface area contributed by atoms with E-state index in [9.17, 15) is 18.0 Å². The maximum absolute atomic E-state index is 11.7. The number of rotatable bonds is 5. The lowest BCUT2D eigenvalue weighted by atomic mass is 10.4. The molecule has 100 valence electrons. The molecule has 0 saturated carbocycles. The van der Waals surface area contributed by atoms with Crippen LogP contribution in [0.5, 0.6) is 0 Å². The van der Waals surface area contributed by atoms with Crippen LogP contribution in [0.1, 0.15) is 24.4 Å². The van der Waals surface area contributed by atoms with Gasteiger partial charge in [0, 0.05) is 6.04 Å². The predicted molar refractivity (Wildman–Crippen MR) is 61.0 cm³/mol. The zero-order chi connectivity index (χ0) is 13.9. The van der Waals surface area contributed by atoms with E-state index in [2.05, 4.69) is 9.73 Å². The van der Waals surface area contributed by atoms with Gasteiger partial charge in [-0.1, -0.05) is 0 Å². The van der Waals surface area contributed by atoms with E-state index in [0.717, 1.165) is 12.1 Å². The Morgan fingerprint density at radius 1 is 1.39 bits per heavy atom. The number of carbonyl (C=O) groups is 2. The van der Waals surface area contributed by atoms with E-state index >= 15 is 0 Å². The molecule has 1 aromatic rings. The van der Waals surface area contributed by atoms with Gasteiger partial charge in [0.1, 0.15) is 5.75 Å². The molecule has 0 aromatic carbocycles. The van der Waals surface area contributed by atoms with Crippen LogP contribution in [-0.2, 0) is 14.6 Å². The molecule has 1 heterocycles. The Balaban J connectivity index is 2.86. The molecule has 0 spiro atoms. The van der Waals surface area contributed by atoms with Gasteiger partial charge in [-0.3, -0.25) is 4.79 Å². The maximum Gasteiger partial charge on any atom is 0.371 e. The zero-order valence-electron chi connectivity index (χ0n) is 9.84. The molecule has 0 atom stereocenters. The largest absolute Gasteiger partial charge is 0.475 e. The van der Waals surface area contributed by atoms with Crippen molar-refractivity contribution in [1.82, 2.24) is 5.32 Å². The Bertz CT molecular complexity index is 557. The van der Waals surface area contributed by atoms with Crippen LogP contribution in [0.15, 0.2) is 21.6 Å². The average Bonchev–Trinajstić information content (AvgIpc) is 2.63. The summed E-state index contributed by atoms with van der Waals surface area (Å²) in [6, 6.07) is 1.86. The number of nitrogens with one attached hydrogen (secondary N) is 1. The van der Waals surface area contributed by atoms with Crippen LogP contribution < -0.4 is 5.32 Å². The highest BCUT2D eigenvalue weighted by Gasteiger charge is 2.24. The summed E-state index contributed by atoms with van der Waals surface area (Å²) in [5.41, 5.74) is 0. The van der Waals surface area contributed by atoms with E-state index in [4.69, 9.17) is 5.11 Å². The Morgan fingerprint density at radius 3 is 2.44 bits per heavy atom. The molecule has 0 radical (unpaired) electrons. The number of carbonyl (C=O) groups excluding carboxylic acids is 1. The van der Waals surface area contributed by atoms with Crippen LogP contribution in [0.4, 0.5) is 0 Å². The fourth-order valence-electron chi connectivity index (χ4n) is 1.21. The Kier molecular flexibility index (Phi) is 4.12. The topological polar surface area (TPSA) is 114 Å². The summed E-state index contributed by atoms with van der Waals surface area (Å²) in [5.74, 6) is -3.31. The zero-order valence-corrected chi connectivity index (χ0v) is 10.7. The lowest BCUT2D eigenvalue weighted by molar-refractivity contribution is -0.119. The molecule has 1 rings (SSSR count). The van der Waals surface area contributed by atoms with Crippen LogP contribution in [0.2, 0.25) is 0 Å². The maximum atomic E-state index is 11.7. The lowest BCUT2D eigenvalue weighted by Gasteiger charge is -2.07. The highest BCUT2D eigenvalue weighted by molar-refractivity contribution is 7.92. The molecule has 0 unspecified atom stereocenters. The van der Waals surface area contributed by atoms with Gasteiger partial charge in [-0.25, -0.2) is 13.2 Å². The third kappa shape index (κ3) is 3.59. The molecule has 8 heteroatoms. The van der Waals surface area contributed by atoms with Gasteiger partial charge in [-0.15, -0.1) is 0 Å². The molecule has 0 aliphatic carbocycles. The molecule has 0 aliphatic heterocycles. The van der Waals surface area contributed by atoms with Crippen molar-refractivity contribution in [3.8, 4) is 0 Å². The molecule has 7 nitrogen and oxygen atoms in total. The summed E-state index contributed by atoms with van der Waals surface area (Å²) in [5, 5.41) is 10.5. The first kappa shape index (κ1) is 14.2. The first-order valence-corrected chi connectivity index (χ1v) is 6.73. The van der Waals surface area contributed by atoms with Crippen molar-refractivity contribution < 1.29 is 27.5 Å². The van der Waals surface area contributed by atoms with Gasteiger partial charge in [0.15, 0.2) is 0 Å². The second-order valence-corrected chi connectivity index (χ2v) is 5.83. The number of aromatic carboxylic acids is 1. The minimum atomic E-state index is -3.96. The van der Waals surface area contributed by atoms with Crippen molar-refractivity contribution in [1.29, 1.82) is 0 Å². The van der Waals surface area contributed by atoms with Crippen LogP contribution in [0.25, 0.3) is 0 Å². The van der Waals surface area contributed by atoms with Gasteiger partial charge in [-0.05, 0) is 26.0 Å². The van der Waals surface area contributed by atoms with Gasteiger partial charge in [0.05, 0.1) is 0 Å². The molecule has 18 heavy (non-hydrogen) atoms. The van der Waals surface area contributed by atoms with Gasteiger partial charge in [0.25, 0.3) is 0 Å². The molecule has 1 aromatic heterocycles. The summed E-state index contributed by atoms with van der Waals surface area (Å²) < 4.78 is 28.1. The smallest absolute Gasteiger partial charge is 0.371 e. The van der Waals surface area contributed by atoms with Crippen LogP contribution in [-0.4, -0.2) is 37.2 Å². The second-order valence-electron chi connectivity index (χ2n) is 3.91. The van der Waals surface area contributed by atoms with Crippen molar-refractivity contribution in [3.63, 3.8) is 0 Å². The van der Waals surface area contributed by atoms with Crippen molar-refractivity contribution in [2.75, 3.05) is 5.75 Å². The van der Waals surface area contributed by atoms with Crippen molar-refractivity contribution in [2.24, 2.45) is 0 Å². The molecule has 1 amide bonds. The third-order valence-electron chi connectivity index (χ3n) is 1.87. The van der Waals surface area contributed by atoms with Crippen molar-refractivity contribution in [2.45, 2.75) is 25.0 Å². The Hall–Kier alpha value is -1.83. The summed E-state index contributed by atoms with van der Waals surface area (Å²) in [7, 11) is -3.96.